The number of likely N-dealkylation sites (tertiary alicyclic amines) is 1. The molecule has 1 heterocycles. The van der Waals surface area contributed by atoms with E-state index in [0.717, 1.165) is 11.1 Å². The highest BCUT2D eigenvalue weighted by Gasteiger charge is 2.57. The SMILES string of the molecule is Cc1ccc(NC(=O)C2(C(=O)Nc3ccc(C)cc3)CCN(C)C2=O)cc1. The second-order valence-corrected chi connectivity index (χ2v) is 7.02. The number of amides is 3. The summed E-state index contributed by atoms with van der Waals surface area (Å²) in [5, 5.41) is 5.46. The molecule has 1 aliphatic rings. The van der Waals surface area contributed by atoms with Crippen LogP contribution in [0.3, 0.4) is 0 Å². The molecule has 140 valence electrons. The standard InChI is InChI=1S/C21H23N3O3/c1-14-4-8-16(9-5-14)22-18(25)21(12-13-24(3)20(21)27)19(26)23-17-10-6-15(2)7-11-17/h4-11H,12-13H2,1-3H3,(H,22,25)(H,23,26). The van der Waals surface area contributed by atoms with Gasteiger partial charge in [-0.1, -0.05) is 35.4 Å². The first kappa shape index (κ1) is 18.6. The van der Waals surface area contributed by atoms with Crippen LogP contribution >= 0.6 is 0 Å². The van der Waals surface area contributed by atoms with Gasteiger partial charge in [0.25, 0.3) is 0 Å². The van der Waals surface area contributed by atoms with E-state index in [1.54, 1.807) is 31.3 Å². The highest BCUT2D eigenvalue weighted by Crippen LogP contribution is 2.34. The zero-order chi connectivity index (χ0) is 19.6. The predicted molar refractivity (Wildman–Crippen MR) is 104 cm³/mol. The van der Waals surface area contributed by atoms with E-state index in [1.165, 1.54) is 4.90 Å². The Labute approximate surface area is 158 Å². The van der Waals surface area contributed by atoms with Crippen LogP contribution in [0.5, 0.6) is 0 Å². The van der Waals surface area contributed by atoms with Gasteiger partial charge in [-0.15, -0.1) is 0 Å². The van der Waals surface area contributed by atoms with Crippen LogP contribution in [0.4, 0.5) is 11.4 Å². The van der Waals surface area contributed by atoms with E-state index in [-0.39, 0.29) is 6.42 Å². The fourth-order valence-electron chi connectivity index (χ4n) is 3.14. The second-order valence-electron chi connectivity index (χ2n) is 7.02. The van der Waals surface area contributed by atoms with E-state index < -0.39 is 23.1 Å². The fourth-order valence-corrected chi connectivity index (χ4v) is 3.14. The van der Waals surface area contributed by atoms with Crippen LogP contribution in [0.2, 0.25) is 0 Å². The van der Waals surface area contributed by atoms with Crippen LogP contribution in [0.25, 0.3) is 0 Å². The number of nitrogens with one attached hydrogen (secondary N) is 2. The van der Waals surface area contributed by atoms with E-state index in [4.69, 9.17) is 0 Å². The molecule has 0 radical (unpaired) electrons. The molecular weight excluding hydrogens is 342 g/mol. The Balaban J connectivity index is 1.88. The minimum Gasteiger partial charge on any atom is -0.344 e. The topological polar surface area (TPSA) is 78.5 Å². The number of carbonyl (C=O) groups is 3. The number of nitrogens with zero attached hydrogens (tertiary/aromatic N) is 1. The number of hydrogen-bond donors (Lipinski definition) is 2. The summed E-state index contributed by atoms with van der Waals surface area (Å²) in [6.45, 7) is 4.23. The monoisotopic (exact) mass is 365 g/mol. The largest absolute Gasteiger partial charge is 0.344 e. The van der Waals surface area contributed by atoms with E-state index in [0.29, 0.717) is 17.9 Å². The van der Waals surface area contributed by atoms with Gasteiger partial charge in [0.1, 0.15) is 0 Å². The molecule has 2 aromatic carbocycles. The van der Waals surface area contributed by atoms with Crippen molar-refractivity contribution in [2.24, 2.45) is 5.41 Å². The molecule has 2 aromatic rings. The summed E-state index contributed by atoms with van der Waals surface area (Å²) in [6.07, 6.45) is 0.137. The molecule has 0 spiro atoms. The molecule has 2 N–H and O–H groups in total. The van der Waals surface area contributed by atoms with Crippen molar-refractivity contribution in [1.29, 1.82) is 0 Å². The summed E-state index contributed by atoms with van der Waals surface area (Å²) < 4.78 is 0. The number of aryl methyl sites for hydroxylation is 2. The maximum Gasteiger partial charge on any atom is 0.249 e. The number of hydrogen-bond acceptors (Lipinski definition) is 3. The molecule has 0 saturated carbocycles. The Hall–Kier alpha value is -3.15. The normalized spacial score (nSPS) is 15.5. The first-order valence-corrected chi connectivity index (χ1v) is 8.85. The smallest absolute Gasteiger partial charge is 0.249 e. The van der Waals surface area contributed by atoms with Gasteiger partial charge in [-0.2, -0.15) is 0 Å². The molecule has 1 saturated heterocycles. The lowest BCUT2D eigenvalue weighted by Crippen LogP contribution is -2.51. The quantitative estimate of drug-likeness (QED) is 0.818. The molecule has 3 rings (SSSR count). The summed E-state index contributed by atoms with van der Waals surface area (Å²) in [4.78, 5) is 40.3. The molecule has 0 aromatic heterocycles. The van der Waals surface area contributed by atoms with Gasteiger partial charge in [-0.05, 0) is 44.5 Å². The molecule has 0 unspecified atom stereocenters. The van der Waals surface area contributed by atoms with Crippen LogP contribution in [0.1, 0.15) is 17.5 Å². The summed E-state index contributed by atoms with van der Waals surface area (Å²) in [7, 11) is 1.60. The first-order chi connectivity index (χ1) is 12.8. The maximum atomic E-state index is 13.0. The molecule has 1 aliphatic heterocycles. The Morgan fingerprint density at radius 2 is 1.26 bits per heavy atom. The van der Waals surface area contributed by atoms with Crippen LogP contribution in [-0.2, 0) is 14.4 Å². The summed E-state index contributed by atoms with van der Waals surface area (Å²) in [5.74, 6) is -1.70. The molecule has 1 fully saturated rings. The van der Waals surface area contributed by atoms with Crippen molar-refractivity contribution in [3.63, 3.8) is 0 Å². The molecule has 6 nitrogen and oxygen atoms in total. The first-order valence-electron chi connectivity index (χ1n) is 8.85. The Morgan fingerprint density at radius 1 is 0.852 bits per heavy atom. The van der Waals surface area contributed by atoms with E-state index in [2.05, 4.69) is 10.6 Å². The molecule has 0 bridgehead atoms. The maximum absolute atomic E-state index is 13.0. The Morgan fingerprint density at radius 3 is 1.59 bits per heavy atom. The van der Waals surface area contributed by atoms with Crippen molar-refractivity contribution < 1.29 is 14.4 Å². The third kappa shape index (κ3) is 3.56. The lowest BCUT2D eigenvalue weighted by atomic mass is 9.83. The number of benzene rings is 2. The van der Waals surface area contributed by atoms with Crippen LogP contribution in [0, 0.1) is 19.3 Å². The zero-order valence-electron chi connectivity index (χ0n) is 15.7. The number of carbonyl (C=O) groups excluding carboxylic acids is 3. The third-order valence-electron chi connectivity index (χ3n) is 4.93. The van der Waals surface area contributed by atoms with E-state index in [1.807, 2.05) is 38.1 Å². The molecular formula is C21H23N3O3. The second kappa shape index (κ2) is 7.23. The van der Waals surface area contributed by atoms with Crippen LogP contribution in [-0.4, -0.2) is 36.2 Å². The molecule has 6 heteroatoms. The number of rotatable bonds is 4. The van der Waals surface area contributed by atoms with Gasteiger partial charge in [0, 0.05) is 25.0 Å². The van der Waals surface area contributed by atoms with Crippen molar-refractivity contribution in [1.82, 2.24) is 4.90 Å². The average Bonchev–Trinajstić information content (AvgIpc) is 2.95. The van der Waals surface area contributed by atoms with E-state index in [9.17, 15) is 14.4 Å². The average molecular weight is 365 g/mol. The van der Waals surface area contributed by atoms with Gasteiger partial charge in [0.05, 0.1) is 0 Å². The van der Waals surface area contributed by atoms with Crippen LogP contribution < -0.4 is 10.6 Å². The minimum atomic E-state index is -1.77. The van der Waals surface area contributed by atoms with Gasteiger partial charge in [-0.3, -0.25) is 14.4 Å². The van der Waals surface area contributed by atoms with Gasteiger partial charge < -0.3 is 15.5 Å². The number of anilines is 2. The lowest BCUT2D eigenvalue weighted by Gasteiger charge is -2.25. The van der Waals surface area contributed by atoms with Crippen LogP contribution in [0.15, 0.2) is 48.5 Å². The minimum absolute atomic E-state index is 0.137. The Bertz CT molecular complexity index is 813. The third-order valence-corrected chi connectivity index (χ3v) is 4.93. The Kier molecular flexibility index (Phi) is 4.99. The van der Waals surface area contributed by atoms with Gasteiger partial charge >= 0.3 is 0 Å². The lowest BCUT2D eigenvalue weighted by molar-refractivity contribution is -0.148. The predicted octanol–water partition coefficient (Wildman–Crippen LogP) is 2.73. The zero-order valence-corrected chi connectivity index (χ0v) is 15.7. The van der Waals surface area contributed by atoms with Crippen molar-refractivity contribution in [2.75, 3.05) is 24.2 Å². The van der Waals surface area contributed by atoms with Gasteiger partial charge in [0.2, 0.25) is 23.1 Å². The summed E-state index contributed by atoms with van der Waals surface area (Å²) in [6, 6.07) is 14.4. The molecule has 0 atom stereocenters. The van der Waals surface area contributed by atoms with Gasteiger partial charge in [0.15, 0.2) is 0 Å². The van der Waals surface area contributed by atoms with E-state index >= 15 is 0 Å². The summed E-state index contributed by atoms with van der Waals surface area (Å²) in [5.41, 5.74) is 1.43. The van der Waals surface area contributed by atoms with Crippen molar-refractivity contribution >= 4 is 29.1 Å². The van der Waals surface area contributed by atoms with Gasteiger partial charge in [-0.25, -0.2) is 0 Å². The molecule has 27 heavy (non-hydrogen) atoms. The highest BCUT2D eigenvalue weighted by atomic mass is 16.2. The van der Waals surface area contributed by atoms with Crippen molar-refractivity contribution in [3.8, 4) is 0 Å². The van der Waals surface area contributed by atoms with Crippen molar-refractivity contribution in [2.45, 2.75) is 20.3 Å². The molecule has 3 amide bonds. The molecule has 0 aliphatic carbocycles. The highest BCUT2D eigenvalue weighted by molar-refractivity contribution is 6.29. The summed E-state index contributed by atoms with van der Waals surface area (Å²) >= 11 is 0. The fraction of sp³-hybridized carbons (Fsp3) is 0.286. The van der Waals surface area contributed by atoms with Crippen molar-refractivity contribution in [3.05, 3.63) is 59.7 Å².